The molecule has 0 atom stereocenters. The van der Waals surface area contributed by atoms with Gasteiger partial charge in [0, 0.05) is 17.7 Å². The van der Waals surface area contributed by atoms with Gasteiger partial charge in [-0.15, -0.1) is 0 Å². The van der Waals surface area contributed by atoms with Crippen molar-refractivity contribution in [3.05, 3.63) is 48.0 Å². The Hall–Kier alpha value is -1.96. The van der Waals surface area contributed by atoms with Crippen molar-refractivity contribution >= 4 is 5.69 Å². The summed E-state index contributed by atoms with van der Waals surface area (Å²) in [5, 5.41) is 13.1. The topological polar surface area (TPSA) is 32.3 Å². The van der Waals surface area contributed by atoms with Crippen LogP contribution in [0.25, 0.3) is 11.1 Å². The molecular weight excluding hydrogens is 186 g/mol. The number of phenolic OH excluding ortho intramolecular Hbond substituents is 1. The van der Waals surface area contributed by atoms with Gasteiger partial charge >= 0.3 is 0 Å². The second-order valence-corrected chi connectivity index (χ2v) is 3.72. The average Bonchev–Trinajstić information content (AvgIpc) is 2.54. The lowest BCUT2D eigenvalue weighted by atomic mass is 10.0. The zero-order valence-corrected chi connectivity index (χ0v) is 8.20. The predicted octanol–water partition coefficient (Wildman–Crippen LogP) is 2.98. The summed E-state index contributed by atoms with van der Waals surface area (Å²) >= 11 is 0. The lowest BCUT2D eigenvalue weighted by Crippen LogP contribution is -1.88. The summed E-state index contributed by atoms with van der Waals surface area (Å²) in [5.41, 5.74) is 4.03. The molecule has 2 bridgehead atoms. The van der Waals surface area contributed by atoms with E-state index in [1.807, 2.05) is 36.4 Å². The van der Waals surface area contributed by atoms with E-state index < -0.39 is 0 Å². The molecule has 0 saturated carbocycles. The minimum atomic E-state index is 0.399. The third kappa shape index (κ3) is 1.18. The van der Waals surface area contributed by atoms with E-state index in [9.17, 15) is 5.11 Å². The summed E-state index contributed by atoms with van der Waals surface area (Å²) in [7, 11) is 0. The number of fused-ring (bicyclic) bond motifs is 2. The maximum atomic E-state index is 9.85. The largest absolute Gasteiger partial charge is 0.505 e. The maximum Gasteiger partial charge on any atom is 0.144 e. The van der Waals surface area contributed by atoms with E-state index in [0.29, 0.717) is 5.75 Å². The highest BCUT2D eigenvalue weighted by Gasteiger charge is 2.18. The van der Waals surface area contributed by atoms with Crippen LogP contribution in [0, 0.1) is 0 Å². The molecular formula is C13H11NO. The Morgan fingerprint density at radius 1 is 1.00 bits per heavy atom. The molecule has 1 heterocycles. The first-order chi connectivity index (χ1) is 7.36. The van der Waals surface area contributed by atoms with Crippen LogP contribution in [0.2, 0.25) is 0 Å². The Kier molecular flexibility index (Phi) is 1.68. The van der Waals surface area contributed by atoms with Crippen LogP contribution in [-0.2, 0) is 6.54 Å². The maximum absolute atomic E-state index is 9.85. The second kappa shape index (κ2) is 3.02. The summed E-state index contributed by atoms with van der Waals surface area (Å²) in [5.74, 6) is 0.399. The molecule has 15 heavy (non-hydrogen) atoms. The van der Waals surface area contributed by atoms with E-state index in [2.05, 4.69) is 11.4 Å². The lowest BCUT2D eigenvalue weighted by Gasteiger charge is -2.06. The van der Waals surface area contributed by atoms with Gasteiger partial charge < -0.3 is 10.4 Å². The number of hydrogen-bond acceptors (Lipinski definition) is 2. The van der Waals surface area contributed by atoms with E-state index in [1.54, 1.807) is 0 Å². The van der Waals surface area contributed by atoms with Gasteiger partial charge in [0.2, 0.25) is 0 Å². The Labute approximate surface area is 88.2 Å². The molecule has 2 aromatic rings. The molecule has 74 valence electrons. The molecule has 0 saturated heterocycles. The molecule has 1 aliphatic heterocycles. The standard InChI is InChI=1S/C13H11NO/c15-13-10-6-7-11(12(13)14-8-10)9-4-2-1-3-5-9/h1-7,14-15H,8H2. The van der Waals surface area contributed by atoms with Crippen LogP contribution < -0.4 is 5.32 Å². The average molecular weight is 197 g/mol. The Morgan fingerprint density at radius 2 is 1.80 bits per heavy atom. The number of anilines is 1. The van der Waals surface area contributed by atoms with Crippen molar-refractivity contribution in [3.8, 4) is 16.9 Å². The number of benzene rings is 2. The summed E-state index contributed by atoms with van der Waals surface area (Å²) in [6.45, 7) is 0.730. The second-order valence-electron chi connectivity index (χ2n) is 3.72. The van der Waals surface area contributed by atoms with Crippen molar-refractivity contribution in [2.24, 2.45) is 0 Å². The van der Waals surface area contributed by atoms with Crippen molar-refractivity contribution < 1.29 is 5.11 Å². The number of hydrogen-bond donors (Lipinski definition) is 2. The summed E-state index contributed by atoms with van der Waals surface area (Å²) in [4.78, 5) is 0. The highest BCUT2D eigenvalue weighted by atomic mass is 16.3. The molecule has 0 fully saturated rings. The van der Waals surface area contributed by atoms with Gasteiger partial charge in [0.25, 0.3) is 0 Å². The highest BCUT2D eigenvalue weighted by molar-refractivity contribution is 5.85. The minimum absolute atomic E-state index is 0.399. The summed E-state index contributed by atoms with van der Waals surface area (Å²) in [6.07, 6.45) is 0. The molecule has 0 unspecified atom stereocenters. The van der Waals surface area contributed by atoms with Crippen molar-refractivity contribution in [1.82, 2.24) is 0 Å². The molecule has 0 spiro atoms. The first-order valence-electron chi connectivity index (χ1n) is 5.00. The molecule has 0 aliphatic carbocycles. The predicted molar refractivity (Wildman–Crippen MR) is 60.9 cm³/mol. The molecule has 1 aliphatic rings. The molecule has 2 heteroatoms. The van der Waals surface area contributed by atoms with Crippen LogP contribution in [0.4, 0.5) is 5.69 Å². The number of phenols is 1. The molecule has 2 aromatic carbocycles. The van der Waals surface area contributed by atoms with Gasteiger partial charge in [0.15, 0.2) is 0 Å². The summed E-state index contributed by atoms with van der Waals surface area (Å²) in [6, 6.07) is 14.1. The summed E-state index contributed by atoms with van der Waals surface area (Å²) < 4.78 is 0. The first-order valence-corrected chi connectivity index (χ1v) is 5.00. The number of aromatic hydroxyl groups is 1. The SMILES string of the molecule is Oc1c2ccc(-c3ccccc3)c1NC2. The fourth-order valence-corrected chi connectivity index (χ4v) is 2.00. The quantitative estimate of drug-likeness (QED) is 0.689. The van der Waals surface area contributed by atoms with Crippen LogP contribution in [0.5, 0.6) is 5.75 Å². The van der Waals surface area contributed by atoms with Crippen molar-refractivity contribution in [2.45, 2.75) is 6.54 Å². The lowest BCUT2D eigenvalue weighted by molar-refractivity contribution is 0.477. The number of nitrogens with one attached hydrogen (secondary N) is 1. The highest BCUT2D eigenvalue weighted by Crippen LogP contribution is 2.42. The minimum Gasteiger partial charge on any atom is -0.505 e. The molecule has 0 amide bonds. The van der Waals surface area contributed by atoms with E-state index in [1.165, 1.54) is 0 Å². The first kappa shape index (κ1) is 8.36. The van der Waals surface area contributed by atoms with Gasteiger partial charge in [0.1, 0.15) is 5.75 Å². The fourth-order valence-electron chi connectivity index (χ4n) is 2.00. The Morgan fingerprint density at radius 3 is 2.60 bits per heavy atom. The molecule has 0 radical (unpaired) electrons. The molecule has 2 nitrogen and oxygen atoms in total. The monoisotopic (exact) mass is 197 g/mol. The van der Waals surface area contributed by atoms with E-state index in [0.717, 1.165) is 28.9 Å². The van der Waals surface area contributed by atoms with Crippen LogP contribution >= 0.6 is 0 Å². The smallest absolute Gasteiger partial charge is 0.144 e. The normalized spacial score (nSPS) is 12.5. The van der Waals surface area contributed by atoms with Crippen LogP contribution in [0.15, 0.2) is 42.5 Å². The third-order valence-corrected chi connectivity index (χ3v) is 2.80. The van der Waals surface area contributed by atoms with E-state index >= 15 is 0 Å². The zero-order valence-electron chi connectivity index (χ0n) is 8.20. The van der Waals surface area contributed by atoms with Gasteiger partial charge in [-0.2, -0.15) is 0 Å². The third-order valence-electron chi connectivity index (χ3n) is 2.80. The van der Waals surface area contributed by atoms with Gasteiger partial charge in [0.05, 0.1) is 5.69 Å². The van der Waals surface area contributed by atoms with Gasteiger partial charge in [-0.3, -0.25) is 0 Å². The fraction of sp³-hybridized carbons (Fsp3) is 0.0769. The van der Waals surface area contributed by atoms with Gasteiger partial charge in [-0.05, 0) is 5.56 Å². The molecule has 3 rings (SSSR count). The molecule has 2 N–H and O–H groups in total. The van der Waals surface area contributed by atoms with E-state index in [4.69, 9.17) is 0 Å². The number of rotatable bonds is 1. The van der Waals surface area contributed by atoms with Crippen molar-refractivity contribution in [3.63, 3.8) is 0 Å². The molecule has 0 aromatic heterocycles. The van der Waals surface area contributed by atoms with Gasteiger partial charge in [-0.25, -0.2) is 0 Å². The van der Waals surface area contributed by atoms with Crippen LogP contribution in [0.3, 0.4) is 0 Å². The van der Waals surface area contributed by atoms with Crippen molar-refractivity contribution in [2.75, 3.05) is 5.32 Å². The Balaban J connectivity index is 2.21. The Bertz CT molecular complexity index is 505. The zero-order chi connectivity index (χ0) is 10.3. The van der Waals surface area contributed by atoms with Crippen LogP contribution in [0.1, 0.15) is 5.56 Å². The van der Waals surface area contributed by atoms with E-state index in [-0.39, 0.29) is 0 Å². The van der Waals surface area contributed by atoms with Crippen molar-refractivity contribution in [1.29, 1.82) is 0 Å². The van der Waals surface area contributed by atoms with Crippen LogP contribution in [-0.4, -0.2) is 5.11 Å². The van der Waals surface area contributed by atoms with Gasteiger partial charge in [-0.1, -0.05) is 42.5 Å².